The lowest BCUT2D eigenvalue weighted by molar-refractivity contribution is -0.142. The molecule has 0 bridgehead atoms. The smallest absolute Gasteiger partial charge is 0.326 e. The van der Waals surface area contributed by atoms with E-state index in [9.17, 15) is 53.1 Å². The van der Waals surface area contributed by atoms with Crippen molar-refractivity contribution < 1.29 is 53.1 Å². The van der Waals surface area contributed by atoms with Crippen LogP contribution in [-0.4, -0.2) is 166 Å². The predicted molar refractivity (Wildman–Crippen MR) is 289 cm³/mol. The summed E-state index contributed by atoms with van der Waals surface area (Å²) in [5.74, 6) is -10.3. The van der Waals surface area contributed by atoms with Gasteiger partial charge in [-0.3, -0.25) is 53.1 Å². The number of amides is 9. The number of para-hydroxylation sites is 1. The third-order valence-corrected chi connectivity index (χ3v) is 12.0. The van der Waals surface area contributed by atoms with Gasteiger partial charge < -0.3 is 97.7 Å². The van der Waals surface area contributed by atoms with Gasteiger partial charge in [-0.1, -0.05) is 32.0 Å². The first kappa shape index (κ1) is 64.4. The summed E-state index contributed by atoms with van der Waals surface area (Å²) in [6.45, 7) is 2.25. The molecule has 1 aromatic carbocycles. The summed E-state index contributed by atoms with van der Waals surface area (Å²) in [4.78, 5) is 151. The molecule has 0 saturated heterocycles. The number of imidazole rings is 1. The number of aliphatic imine (C=N–C) groups is 2. The maximum absolute atomic E-state index is 14.0. The molecule has 79 heavy (non-hydrogen) atoms. The number of carboxylic acids is 1. The second-order valence-corrected chi connectivity index (χ2v) is 18.7. The second kappa shape index (κ2) is 33.3. The number of H-pyrrole nitrogens is 2. The molecule has 2 aromatic heterocycles. The number of rotatable bonds is 36. The number of nitrogens with zero attached hydrogens (tertiary/aromatic N) is 3. The Hall–Kier alpha value is -8.87. The number of hydrogen-bond acceptors (Lipinski definition) is 15. The van der Waals surface area contributed by atoms with Gasteiger partial charge in [0.2, 0.25) is 53.2 Å². The van der Waals surface area contributed by atoms with Gasteiger partial charge in [-0.25, -0.2) is 9.78 Å². The summed E-state index contributed by atoms with van der Waals surface area (Å²) >= 11 is 0. The highest BCUT2D eigenvalue weighted by Crippen LogP contribution is 2.20. The van der Waals surface area contributed by atoms with Crippen molar-refractivity contribution in [2.24, 2.45) is 56.0 Å². The van der Waals surface area contributed by atoms with Crippen LogP contribution >= 0.6 is 0 Å². The summed E-state index contributed by atoms with van der Waals surface area (Å²) in [5, 5.41) is 30.5. The summed E-state index contributed by atoms with van der Waals surface area (Å²) < 4.78 is 0. The zero-order valence-corrected chi connectivity index (χ0v) is 44.2. The Bertz CT molecular complexity index is 2600. The molecule has 3 aromatic rings. The van der Waals surface area contributed by atoms with Gasteiger partial charge >= 0.3 is 5.97 Å². The molecule has 0 fully saturated rings. The highest BCUT2D eigenvalue weighted by Gasteiger charge is 2.33. The minimum atomic E-state index is -1.73. The molecule has 9 amide bonds. The van der Waals surface area contributed by atoms with E-state index in [1.807, 2.05) is 0 Å². The van der Waals surface area contributed by atoms with Crippen molar-refractivity contribution in [3.63, 3.8) is 0 Å². The maximum atomic E-state index is 14.0. The van der Waals surface area contributed by atoms with Crippen LogP contribution in [0.15, 0.2) is 53.0 Å². The van der Waals surface area contributed by atoms with Crippen LogP contribution in [0.5, 0.6) is 0 Å². The fraction of sp³-hybridized carbons (Fsp3) is 0.521. The van der Waals surface area contributed by atoms with Crippen LogP contribution in [0.25, 0.3) is 10.9 Å². The second-order valence-electron chi connectivity index (χ2n) is 18.7. The van der Waals surface area contributed by atoms with E-state index in [4.69, 9.17) is 40.1 Å². The number of fused-ring (bicyclic) bond motifs is 1. The largest absolute Gasteiger partial charge is 0.480 e. The minimum Gasteiger partial charge on any atom is -0.480 e. The first-order valence-corrected chi connectivity index (χ1v) is 25.4. The number of primary amides is 1. The number of nitrogens with two attached hydrogens (primary N) is 7. The Morgan fingerprint density at radius 1 is 0.620 bits per heavy atom. The molecule has 0 aliphatic heterocycles. The fourth-order valence-corrected chi connectivity index (χ4v) is 7.83. The molecule has 31 heteroatoms. The van der Waals surface area contributed by atoms with Gasteiger partial charge in [-0.05, 0) is 69.0 Å². The lowest BCUT2D eigenvalue weighted by Crippen LogP contribution is -2.59. The number of carbonyl (C=O) groups excluding carboxylic acids is 9. The SMILES string of the molecule is CC(C)[C@H](NC(=O)CNC(=O)[C@@H](N)Cc1cnc[nH]1)C(=O)N[C@@H](Cc1c[nH]c2ccccc12)C(=O)NCC(=O)N[C@@H](CC(N)=O)C(=O)N[C@@H](CCCN=C(N)N)C(=O)N[C@@H](CCCCN)C(=O)N[C@@H](CCCN=C(N)N)C(=O)O. The molecule has 0 saturated carbocycles. The molecule has 3 rings (SSSR count). The number of unbranched alkanes of at least 4 members (excludes halogenated alkanes) is 1. The summed E-state index contributed by atoms with van der Waals surface area (Å²) in [6.07, 6.45) is 4.56. The number of hydrogen-bond donors (Lipinski definition) is 18. The highest BCUT2D eigenvalue weighted by atomic mass is 16.4. The first-order valence-electron chi connectivity index (χ1n) is 25.4. The van der Waals surface area contributed by atoms with Crippen molar-refractivity contribution in [2.75, 3.05) is 32.7 Å². The molecule has 434 valence electrons. The average Bonchev–Trinajstić information content (AvgIpc) is 4.07. The van der Waals surface area contributed by atoms with E-state index in [-0.39, 0.29) is 76.5 Å². The van der Waals surface area contributed by atoms with Gasteiger partial charge in [-0.2, -0.15) is 0 Å². The van der Waals surface area contributed by atoms with Crippen molar-refractivity contribution in [1.82, 2.24) is 57.5 Å². The number of guanidine groups is 2. The molecule has 0 radical (unpaired) electrons. The van der Waals surface area contributed by atoms with E-state index < -0.39 is 127 Å². The van der Waals surface area contributed by atoms with Crippen LogP contribution < -0.4 is 82.7 Å². The van der Waals surface area contributed by atoms with Crippen LogP contribution in [0.1, 0.15) is 76.5 Å². The Morgan fingerprint density at radius 3 is 1.72 bits per heavy atom. The number of nitrogens with one attached hydrogen (secondary N) is 10. The summed E-state index contributed by atoms with van der Waals surface area (Å²) in [6, 6.07) is -2.40. The van der Waals surface area contributed by atoms with E-state index >= 15 is 0 Å². The van der Waals surface area contributed by atoms with E-state index in [1.54, 1.807) is 44.3 Å². The predicted octanol–water partition coefficient (Wildman–Crippen LogP) is -6.00. The molecule has 0 unspecified atom stereocenters. The van der Waals surface area contributed by atoms with Crippen molar-refractivity contribution in [3.05, 3.63) is 54.2 Å². The number of carbonyl (C=O) groups is 10. The maximum Gasteiger partial charge on any atom is 0.326 e. The molecule has 0 aliphatic rings. The standard InChI is InChI=1S/C48H76N20O11/c1-25(2)39(68-38(71)23-60-40(72)29(50)18-27-21-56-24-62-27)45(77)67-34(17-26-20-59-30-10-4-3-9-28(26)30)41(73)61-22-37(70)63-35(19-36(51)69)44(76)65-32(12-7-15-57-47(52)53)42(74)64-31(11-5-6-14-49)43(75)66-33(46(78)79)13-8-16-58-48(54)55/h3-4,9-10,20-21,24-25,29,31-35,39,59H,5-8,11-19,22-23,49-50H2,1-2H3,(H2,51,69)(H,56,62)(H,60,72)(H,61,73)(H,63,70)(H,64,74)(H,65,76)(H,66,75)(H,67,77)(H,68,71)(H,78,79)(H4,52,53,57)(H4,54,55,58)/t29-,31-,32-,33-,34-,35-,39-/m0/s1. The molecule has 0 spiro atoms. The lowest BCUT2D eigenvalue weighted by atomic mass is 10.0. The van der Waals surface area contributed by atoms with Gasteiger partial charge in [0.05, 0.1) is 31.9 Å². The highest BCUT2D eigenvalue weighted by molar-refractivity contribution is 5.98. The molecule has 0 aliphatic carbocycles. The van der Waals surface area contributed by atoms with Crippen molar-refractivity contribution in [1.29, 1.82) is 0 Å². The van der Waals surface area contributed by atoms with Crippen LogP contribution in [0.2, 0.25) is 0 Å². The molecule has 2 heterocycles. The Kier molecular flexibility index (Phi) is 27.2. The average molecular weight is 1110 g/mol. The zero-order chi connectivity index (χ0) is 58.6. The molecule has 7 atom stereocenters. The van der Waals surface area contributed by atoms with Gasteiger partial charge in [0.15, 0.2) is 11.9 Å². The molecular formula is C48H76N20O11. The number of aromatic nitrogens is 3. The van der Waals surface area contributed by atoms with E-state index in [2.05, 4.69) is 67.5 Å². The minimum absolute atomic E-state index is 0.00259. The van der Waals surface area contributed by atoms with Gasteiger partial charge in [0, 0.05) is 54.9 Å². The number of aliphatic carboxylic acids is 1. The van der Waals surface area contributed by atoms with E-state index in [0.29, 0.717) is 24.1 Å². The quantitative estimate of drug-likeness (QED) is 0.0146. The Morgan fingerprint density at radius 2 is 1.16 bits per heavy atom. The van der Waals surface area contributed by atoms with E-state index in [0.717, 1.165) is 10.9 Å². The van der Waals surface area contributed by atoms with Crippen LogP contribution in [0.4, 0.5) is 0 Å². The Labute approximate surface area is 454 Å². The van der Waals surface area contributed by atoms with Crippen molar-refractivity contribution >= 4 is 82.0 Å². The molecular weight excluding hydrogens is 1030 g/mol. The topological polar surface area (TPSA) is 538 Å². The normalized spacial score (nSPS) is 13.6. The molecule has 31 nitrogen and oxygen atoms in total. The fourth-order valence-electron chi connectivity index (χ4n) is 7.83. The van der Waals surface area contributed by atoms with Crippen molar-refractivity contribution in [2.45, 2.75) is 120 Å². The zero-order valence-electron chi connectivity index (χ0n) is 44.2. The number of aromatic amines is 2. The van der Waals surface area contributed by atoms with Gasteiger partial charge in [-0.15, -0.1) is 0 Å². The first-order chi connectivity index (χ1) is 37.5. The van der Waals surface area contributed by atoms with Crippen LogP contribution in [0.3, 0.4) is 0 Å². The third kappa shape index (κ3) is 23.5. The van der Waals surface area contributed by atoms with E-state index in [1.165, 1.54) is 12.5 Å². The lowest BCUT2D eigenvalue weighted by Gasteiger charge is -2.26. The monoisotopic (exact) mass is 1110 g/mol. The van der Waals surface area contributed by atoms with Gasteiger partial charge in [0.25, 0.3) is 0 Å². The summed E-state index contributed by atoms with van der Waals surface area (Å²) in [5.41, 5.74) is 40.7. The molecule has 25 N–H and O–H groups in total. The number of benzene rings is 1. The van der Waals surface area contributed by atoms with Crippen molar-refractivity contribution in [3.8, 4) is 0 Å². The third-order valence-electron chi connectivity index (χ3n) is 12.0. The number of carboxylic acid groups (broad SMARTS) is 1. The summed E-state index contributed by atoms with van der Waals surface area (Å²) in [7, 11) is 0. The van der Waals surface area contributed by atoms with Gasteiger partial charge in [0.1, 0.15) is 36.3 Å². The Balaban J connectivity index is 1.80. The van der Waals surface area contributed by atoms with Crippen LogP contribution in [-0.2, 0) is 60.8 Å². The van der Waals surface area contributed by atoms with Crippen LogP contribution in [0, 0.1) is 5.92 Å².